The lowest BCUT2D eigenvalue weighted by molar-refractivity contribution is -0.142. The Labute approximate surface area is 259 Å². The first kappa shape index (κ1) is 32.3. The van der Waals surface area contributed by atoms with Crippen LogP contribution in [0.5, 0.6) is 0 Å². The number of aromatic nitrogens is 3. The van der Waals surface area contributed by atoms with Crippen LogP contribution in [-0.4, -0.2) is 79.9 Å². The first-order valence-corrected chi connectivity index (χ1v) is 15.6. The van der Waals surface area contributed by atoms with Crippen LogP contribution in [0.2, 0.25) is 0 Å². The number of para-hydroxylation sites is 1. The molecule has 0 radical (unpaired) electrons. The zero-order chi connectivity index (χ0) is 31.5. The highest BCUT2D eigenvalue weighted by atomic mass is 32.2. The lowest BCUT2D eigenvalue weighted by Gasteiger charge is -2.25. The molecule has 2 aromatic carbocycles. The molecule has 44 heavy (non-hydrogen) atoms. The molecule has 8 N–H and O–H groups in total. The molecule has 4 rings (SSSR count). The number of nitrogens with zero attached hydrogens (tertiary/aromatic N) is 1. The zero-order valence-electron chi connectivity index (χ0n) is 24.3. The Hall–Kier alpha value is -4.62. The van der Waals surface area contributed by atoms with Crippen LogP contribution in [0.1, 0.15) is 23.2 Å². The van der Waals surface area contributed by atoms with E-state index in [2.05, 4.69) is 30.9 Å². The average Bonchev–Trinajstić information content (AvgIpc) is 3.68. The molecule has 4 unspecified atom stereocenters. The largest absolute Gasteiger partial charge is 0.480 e. The maximum absolute atomic E-state index is 13.6. The molecule has 0 saturated carbocycles. The molecule has 0 fully saturated rings. The van der Waals surface area contributed by atoms with Crippen molar-refractivity contribution in [2.24, 2.45) is 5.73 Å². The van der Waals surface area contributed by atoms with Gasteiger partial charge >= 0.3 is 5.97 Å². The van der Waals surface area contributed by atoms with E-state index in [4.69, 9.17) is 5.73 Å². The minimum absolute atomic E-state index is 0.0394. The van der Waals surface area contributed by atoms with Crippen molar-refractivity contribution >= 4 is 46.4 Å². The SMILES string of the molecule is CSCCC(NC(=O)C(N)Cc1cnc[nH]1)C(=O)NC(Cc1ccccc1)C(=O)NC(Cc1c[nH]c2ccccc12)C(=O)O. The number of hydrogen-bond donors (Lipinski definition) is 7. The van der Waals surface area contributed by atoms with Crippen LogP contribution in [0.3, 0.4) is 0 Å². The quantitative estimate of drug-likeness (QED) is 0.0981. The van der Waals surface area contributed by atoms with E-state index < -0.39 is 47.9 Å². The molecule has 2 heterocycles. The van der Waals surface area contributed by atoms with Gasteiger partial charge in [-0.25, -0.2) is 9.78 Å². The number of hydrogen-bond acceptors (Lipinski definition) is 7. The molecular formula is C31H37N7O5S. The molecule has 2 aromatic heterocycles. The molecule has 4 aromatic rings. The number of nitrogens with two attached hydrogens (primary N) is 1. The first-order valence-electron chi connectivity index (χ1n) is 14.2. The number of nitrogens with one attached hydrogen (secondary N) is 5. The lowest BCUT2D eigenvalue weighted by Crippen LogP contribution is -2.58. The number of carbonyl (C=O) groups is 4. The van der Waals surface area contributed by atoms with Crippen molar-refractivity contribution in [3.63, 3.8) is 0 Å². The van der Waals surface area contributed by atoms with Crippen molar-refractivity contribution in [1.82, 2.24) is 30.9 Å². The molecule has 0 aliphatic heterocycles. The monoisotopic (exact) mass is 619 g/mol. The number of H-pyrrole nitrogens is 2. The average molecular weight is 620 g/mol. The molecule has 0 aliphatic rings. The predicted octanol–water partition coefficient (Wildman–Crippen LogP) is 1.54. The summed E-state index contributed by atoms with van der Waals surface area (Å²) in [5.74, 6) is -2.38. The number of aliphatic carboxylic acids is 1. The minimum Gasteiger partial charge on any atom is -0.480 e. The molecule has 0 spiro atoms. The van der Waals surface area contributed by atoms with E-state index in [1.165, 1.54) is 18.1 Å². The van der Waals surface area contributed by atoms with Gasteiger partial charge in [0.2, 0.25) is 17.7 Å². The summed E-state index contributed by atoms with van der Waals surface area (Å²) in [6, 6.07) is 12.3. The van der Waals surface area contributed by atoms with Gasteiger partial charge < -0.3 is 36.8 Å². The van der Waals surface area contributed by atoms with Gasteiger partial charge in [0, 0.05) is 48.3 Å². The Morgan fingerprint density at radius 1 is 0.864 bits per heavy atom. The van der Waals surface area contributed by atoms with E-state index in [1.807, 2.05) is 60.9 Å². The zero-order valence-corrected chi connectivity index (χ0v) is 25.1. The Balaban J connectivity index is 1.49. The molecule has 4 atom stereocenters. The third-order valence-electron chi connectivity index (χ3n) is 7.20. The van der Waals surface area contributed by atoms with E-state index in [-0.39, 0.29) is 19.3 Å². The van der Waals surface area contributed by atoms with Crippen LogP contribution in [0.4, 0.5) is 0 Å². The van der Waals surface area contributed by atoms with Crippen molar-refractivity contribution in [2.75, 3.05) is 12.0 Å². The van der Waals surface area contributed by atoms with Gasteiger partial charge in [0.1, 0.15) is 18.1 Å². The molecule has 0 saturated heterocycles. The van der Waals surface area contributed by atoms with Gasteiger partial charge in [0.05, 0.1) is 12.4 Å². The van der Waals surface area contributed by atoms with Crippen LogP contribution in [0.25, 0.3) is 10.9 Å². The standard InChI is InChI=1S/C31H37N7O5S/c1-44-12-11-25(36-28(39)23(32)15-21-17-33-18-35-21)29(40)37-26(13-19-7-3-2-4-8-19)30(41)38-27(31(42)43)14-20-16-34-24-10-6-5-9-22(20)24/h2-10,16-18,23,25-27,34H,11-15,32H2,1H3,(H,33,35)(H,36,39)(H,37,40)(H,38,41)(H,42,43). The predicted molar refractivity (Wildman–Crippen MR) is 169 cm³/mol. The second kappa shape index (κ2) is 15.7. The summed E-state index contributed by atoms with van der Waals surface area (Å²) < 4.78 is 0. The Morgan fingerprint density at radius 2 is 1.55 bits per heavy atom. The number of imidazole rings is 1. The van der Waals surface area contributed by atoms with E-state index >= 15 is 0 Å². The number of thioether (sulfide) groups is 1. The molecule has 232 valence electrons. The Kier molecular flexibility index (Phi) is 11.5. The van der Waals surface area contributed by atoms with Crippen molar-refractivity contribution in [3.05, 3.63) is 90.1 Å². The number of carboxylic acid groups (broad SMARTS) is 1. The number of carboxylic acids is 1. The van der Waals surface area contributed by atoms with Crippen LogP contribution in [0.15, 0.2) is 73.3 Å². The molecule has 13 heteroatoms. The molecule has 0 aliphatic carbocycles. The third kappa shape index (κ3) is 8.94. The number of amides is 3. The summed E-state index contributed by atoms with van der Waals surface area (Å²) in [5.41, 5.74) is 9.13. The molecule has 0 bridgehead atoms. The number of rotatable bonds is 16. The van der Waals surface area contributed by atoms with Crippen molar-refractivity contribution in [2.45, 2.75) is 49.9 Å². The van der Waals surface area contributed by atoms with Crippen LogP contribution in [0, 0.1) is 0 Å². The third-order valence-corrected chi connectivity index (χ3v) is 7.85. The maximum atomic E-state index is 13.6. The second-order valence-electron chi connectivity index (χ2n) is 10.4. The van der Waals surface area contributed by atoms with Gasteiger partial charge in [-0.15, -0.1) is 0 Å². The van der Waals surface area contributed by atoms with Gasteiger partial charge in [-0.2, -0.15) is 11.8 Å². The normalized spacial score (nSPS) is 13.9. The summed E-state index contributed by atoms with van der Waals surface area (Å²) >= 11 is 1.51. The van der Waals surface area contributed by atoms with Crippen molar-refractivity contribution < 1.29 is 24.3 Å². The van der Waals surface area contributed by atoms with Gasteiger partial charge in [-0.1, -0.05) is 48.5 Å². The minimum atomic E-state index is -1.25. The topological polar surface area (TPSA) is 195 Å². The van der Waals surface area contributed by atoms with Gasteiger partial charge in [-0.05, 0) is 35.6 Å². The summed E-state index contributed by atoms with van der Waals surface area (Å²) in [7, 11) is 0. The van der Waals surface area contributed by atoms with Crippen LogP contribution in [-0.2, 0) is 38.4 Å². The Morgan fingerprint density at radius 3 is 2.25 bits per heavy atom. The summed E-state index contributed by atoms with van der Waals surface area (Å²) in [5, 5.41) is 19.0. The highest BCUT2D eigenvalue weighted by Crippen LogP contribution is 2.19. The molecular weight excluding hydrogens is 582 g/mol. The Bertz CT molecular complexity index is 1540. The number of benzene rings is 2. The maximum Gasteiger partial charge on any atom is 0.326 e. The summed E-state index contributed by atoms with van der Waals surface area (Å²) in [6.45, 7) is 0. The van der Waals surface area contributed by atoms with E-state index in [9.17, 15) is 24.3 Å². The smallest absolute Gasteiger partial charge is 0.326 e. The van der Waals surface area contributed by atoms with Gasteiger partial charge in [-0.3, -0.25) is 14.4 Å². The highest BCUT2D eigenvalue weighted by molar-refractivity contribution is 7.98. The highest BCUT2D eigenvalue weighted by Gasteiger charge is 2.31. The fourth-order valence-corrected chi connectivity index (χ4v) is 5.30. The van der Waals surface area contributed by atoms with Crippen molar-refractivity contribution in [3.8, 4) is 0 Å². The van der Waals surface area contributed by atoms with Crippen molar-refractivity contribution in [1.29, 1.82) is 0 Å². The summed E-state index contributed by atoms with van der Waals surface area (Å²) in [6.07, 6.45) is 7.32. The second-order valence-corrected chi connectivity index (χ2v) is 11.4. The molecule has 3 amide bonds. The number of fused-ring (bicyclic) bond motifs is 1. The molecule has 12 nitrogen and oxygen atoms in total. The van der Waals surface area contributed by atoms with Gasteiger partial charge in [0.15, 0.2) is 0 Å². The van der Waals surface area contributed by atoms with Crippen LogP contribution < -0.4 is 21.7 Å². The van der Waals surface area contributed by atoms with E-state index in [1.54, 1.807) is 12.4 Å². The fourth-order valence-electron chi connectivity index (χ4n) is 4.83. The first-order chi connectivity index (χ1) is 21.2. The van der Waals surface area contributed by atoms with Crippen LogP contribution >= 0.6 is 11.8 Å². The van der Waals surface area contributed by atoms with Gasteiger partial charge in [0.25, 0.3) is 0 Å². The van der Waals surface area contributed by atoms with E-state index in [0.29, 0.717) is 17.9 Å². The number of aromatic amines is 2. The number of carbonyl (C=O) groups excluding carboxylic acids is 3. The fraction of sp³-hybridized carbons (Fsp3) is 0.323. The summed E-state index contributed by atoms with van der Waals surface area (Å²) in [4.78, 5) is 62.3. The van der Waals surface area contributed by atoms with E-state index in [0.717, 1.165) is 22.0 Å². The lowest BCUT2D eigenvalue weighted by atomic mass is 10.0.